The van der Waals surface area contributed by atoms with E-state index in [1.54, 1.807) is 6.92 Å². The fraction of sp³-hybridized carbons (Fsp3) is 0.385. The molecular weight excluding hydrogens is 256 g/mol. The SMILES string of the molecule is CC(c1ccc(F)c(F)c1)N(C)C(=O)CCC(=O)O. The third-order valence-corrected chi connectivity index (χ3v) is 2.95. The zero-order valence-electron chi connectivity index (χ0n) is 10.7. The van der Waals surface area contributed by atoms with Crippen molar-refractivity contribution in [1.29, 1.82) is 0 Å². The van der Waals surface area contributed by atoms with E-state index in [4.69, 9.17) is 5.11 Å². The van der Waals surface area contributed by atoms with Crippen LogP contribution in [-0.2, 0) is 9.59 Å². The van der Waals surface area contributed by atoms with Crippen LogP contribution < -0.4 is 0 Å². The Labute approximate surface area is 109 Å². The number of carbonyl (C=O) groups is 2. The largest absolute Gasteiger partial charge is 0.481 e. The van der Waals surface area contributed by atoms with Crippen molar-refractivity contribution >= 4 is 11.9 Å². The van der Waals surface area contributed by atoms with Gasteiger partial charge >= 0.3 is 5.97 Å². The summed E-state index contributed by atoms with van der Waals surface area (Å²) in [6.45, 7) is 1.66. The van der Waals surface area contributed by atoms with Crippen LogP contribution in [0.2, 0.25) is 0 Å². The minimum absolute atomic E-state index is 0.125. The molecule has 0 aliphatic rings. The van der Waals surface area contributed by atoms with E-state index in [9.17, 15) is 18.4 Å². The molecule has 0 saturated carbocycles. The molecule has 0 bridgehead atoms. The van der Waals surface area contributed by atoms with Crippen LogP contribution >= 0.6 is 0 Å². The van der Waals surface area contributed by atoms with Crippen molar-refractivity contribution < 1.29 is 23.5 Å². The van der Waals surface area contributed by atoms with E-state index in [1.165, 1.54) is 18.0 Å². The van der Waals surface area contributed by atoms with Crippen molar-refractivity contribution in [2.45, 2.75) is 25.8 Å². The number of rotatable bonds is 5. The van der Waals surface area contributed by atoms with Crippen LogP contribution in [-0.4, -0.2) is 28.9 Å². The molecule has 0 fully saturated rings. The fourth-order valence-corrected chi connectivity index (χ4v) is 1.60. The minimum Gasteiger partial charge on any atom is -0.481 e. The predicted octanol–water partition coefficient (Wildman–Crippen LogP) is 2.35. The highest BCUT2D eigenvalue weighted by atomic mass is 19.2. The number of benzene rings is 1. The second-order valence-corrected chi connectivity index (χ2v) is 4.25. The maximum Gasteiger partial charge on any atom is 0.303 e. The van der Waals surface area contributed by atoms with E-state index in [-0.39, 0.29) is 18.7 Å². The smallest absolute Gasteiger partial charge is 0.303 e. The van der Waals surface area contributed by atoms with Gasteiger partial charge in [0, 0.05) is 13.5 Å². The number of carbonyl (C=O) groups excluding carboxylic acids is 1. The quantitative estimate of drug-likeness (QED) is 0.894. The summed E-state index contributed by atoms with van der Waals surface area (Å²) in [4.78, 5) is 23.4. The topological polar surface area (TPSA) is 57.6 Å². The Hall–Kier alpha value is -1.98. The summed E-state index contributed by atoms with van der Waals surface area (Å²) in [6, 6.07) is 2.96. The van der Waals surface area contributed by atoms with Crippen molar-refractivity contribution in [2.75, 3.05) is 7.05 Å². The van der Waals surface area contributed by atoms with Crippen molar-refractivity contribution in [3.63, 3.8) is 0 Å². The fourth-order valence-electron chi connectivity index (χ4n) is 1.60. The van der Waals surface area contributed by atoms with Crippen molar-refractivity contribution in [1.82, 2.24) is 4.90 Å². The van der Waals surface area contributed by atoms with E-state index in [0.29, 0.717) is 5.56 Å². The molecule has 0 spiro atoms. The lowest BCUT2D eigenvalue weighted by molar-refractivity contribution is -0.141. The Bertz CT molecular complexity index is 491. The normalized spacial score (nSPS) is 12.0. The first-order valence-electron chi connectivity index (χ1n) is 5.75. The molecule has 0 saturated heterocycles. The molecule has 1 unspecified atom stereocenters. The van der Waals surface area contributed by atoms with E-state index in [0.717, 1.165) is 12.1 Å². The van der Waals surface area contributed by atoms with Gasteiger partial charge in [0.2, 0.25) is 5.91 Å². The molecule has 0 aliphatic carbocycles. The summed E-state index contributed by atoms with van der Waals surface area (Å²) in [5, 5.41) is 8.50. The summed E-state index contributed by atoms with van der Waals surface area (Å²) < 4.78 is 25.9. The third-order valence-electron chi connectivity index (χ3n) is 2.95. The van der Waals surface area contributed by atoms with Gasteiger partial charge in [0.05, 0.1) is 12.5 Å². The summed E-state index contributed by atoms with van der Waals surface area (Å²) in [5.74, 6) is -3.34. The van der Waals surface area contributed by atoms with E-state index >= 15 is 0 Å². The molecule has 19 heavy (non-hydrogen) atoms. The molecular formula is C13H15F2NO3. The van der Waals surface area contributed by atoms with Gasteiger partial charge in [-0.15, -0.1) is 0 Å². The number of hydrogen-bond acceptors (Lipinski definition) is 2. The van der Waals surface area contributed by atoms with Crippen LogP contribution in [0, 0.1) is 11.6 Å². The Morgan fingerprint density at radius 2 is 1.89 bits per heavy atom. The maximum atomic E-state index is 13.1. The number of aliphatic carboxylic acids is 1. The Kier molecular flexibility index (Phi) is 4.97. The number of carboxylic acids is 1. The maximum absolute atomic E-state index is 13.1. The van der Waals surface area contributed by atoms with E-state index < -0.39 is 23.6 Å². The van der Waals surface area contributed by atoms with Crippen LogP contribution in [0.4, 0.5) is 8.78 Å². The molecule has 1 rings (SSSR count). The molecule has 1 aromatic rings. The molecule has 0 heterocycles. The van der Waals surface area contributed by atoms with Gasteiger partial charge in [-0.3, -0.25) is 9.59 Å². The average molecular weight is 271 g/mol. The van der Waals surface area contributed by atoms with Crippen molar-refractivity contribution in [3.05, 3.63) is 35.4 Å². The van der Waals surface area contributed by atoms with Gasteiger partial charge < -0.3 is 10.0 Å². The molecule has 1 amide bonds. The molecule has 4 nitrogen and oxygen atoms in total. The van der Waals surface area contributed by atoms with Crippen LogP contribution in [0.15, 0.2) is 18.2 Å². The van der Waals surface area contributed by atoms with Crippen LogP contribution in [0.5, 0.6) is 0 Å². The first-order valence-corrected chi connectivity index (χ1v) is 5.75. The molecule has 0 aromatic heterocycles. The van der Waals surface area contributed by atoms with Gasteiger partial charge in [-0.05, 0) is 24.6 Å². The van der Waals surface area contributed by atoms with Crippen LogP contribution in [0.25, 0.3) is 0 Å². The van der Waals surface area contributed by atoms with E-state index in [1.807, 2.05) is 0 Å². The minimum atomic E-state index is -1.05. The molecule has 0 aliphatic heterocycles. The lowest BCUT2D eigenvalue weighted by Crippen LogP contribution is -2.30. The third kappa shape index (κ3) is 4.01. The van der Waals surface area contributed by atoms with Gasteiger partial charge in [-0.25, -0.2) is 8.78 Å². The predicted molar refractivity (Wildman–Crippen MR) is 64.4 cm³/mol. The second-order valence-electron chi connectivity index (χ2n) is 4.25. The molecule has 1 atom stereocenters. The highest BCUT2D eigenvalue weighted by molar-refractivity contribution is 5.80. The number of nitrogens with zero attached hydrogens (tertiary/aromatic N) is 1. The van der Waals surface area contributed by atoms with Gasteiger partial charge in [0.15, 0.2) is 11.6 Å². The van der Waals surface area contributed by atoms with E-state index in [2.05, 4.69) is 0 Å². The van der Waals surface area contributed by atoms with Gasteiger partial charge in [0.1, 0.15) is 0 Å². The number of carboxylic acid groups (broad SMARTS) is 1. The van der Waals surface area contributed by atoms with Gasteiger partial charge in [-0.1, -0.05) is 6.07 Å². The summed E-state index contributed by atoms with van der Waals surface area (Å²) in [6.07, 6.45) is -0.381. The first kappa shape index (κ1) is 15.1. The Morgan fingerprint density at radius 3 is 2.42 bits per heavy atom. The Morgan fingerprint density at radius 1 is 1.26 bits per heavy atom. The highest BCUT2D eigenvalue weighted by Crippen LogP contribution is 2.21. The zero-order valence-corrected chi connectivity index (χ0v) is 10.7. The summed E-state index contributed by atoms with van der Waals surface area (Å²) in [5.41, 5.74) is 0.449. The summed E-state index contributed by atoms with van der Waals surface area (Å²) >= 11 is 0. The number of halogens is 2. The number of amides is 1. The molecule has 104 valence electrons. The van der Waals surface area contributed by atoms with Crippen LogP contribution in [0.1, 0.15) is 31.4 Å². The van der Waals surface area contributed by atoms with Crippen LogP contribution in [0.3, 0.4) is 0 Å². The highest BCUT2D eigenvalue weighted by Gasteiger charge is 2.19. The molecule has 1 N–H and O–H groups in total. The molecule has 0 radical (unpaired) electrons. The monoisotopic (exact) mass is 271 g/mol. The number of hydrogen-bond donors (Lipinski definition) is 1. The Balaban J connectivity index is 2.75. The zero-order chi connectivity index (χ0) is 14.6. The second kappa shape index (κ2) is 6.26. The first-order chi connectivity index (χ1) is 8.82. The summed E-state index contributed by atoms with van der Waals surface area (Å²) in [7, 11) is 1.50. The lowest BCUT2D eigenvalue weighted by atomic mass is 10.1. The molecule has 6 heteroatoms. The van der Waals surface area contributed by atoms with Crippen molar-refractivity contribution in [3.8, 4) is 0 Å². The lowest BCUT2D eigenvalue weighted by Gasteiger charge is -2.25. The molecule has 1 aromatic carbocycles. The average Bonchev–Trinajstić information content (AvgIpc) is 2.37. The standard InChI is InChI=1S/C13H15F2NO3/c1-8(9-3-4-10(14)11(15)7-9)16(2)12(17)5-6-13(18)19/h3-4,7-8H,5-6H2,1-2H3,(H,18,19). The van der Waals surface area contributed by atoms with Gasteiger partial charge in [0.25, 0.3) is 0 Å². The van der Waals surface area contributed by atoms with Crippen molar-refractivity contribution in [2.24, 2.45) is 0 Å². The van der Waals surface area contributed by atoms with Gasteiger partial charge in [-0.2, -0.15) is 0 Å².